The van der Waals surface area contributed by atoms with Gasteiger partial charge in [-0.15, -0.1) is 0 Å². The van der Waals surface area contributed by atoms with E-state index in [1.807, 2.05) is 26.0 Å². The Bertz CT molecular complexity index is 648. The van der Waals surface area contributed by atoms with Crippen LogP contribution in [0.25, 0.3) is 0 Å². The summed E-state index contributed by atoms with van der Waals surface area (Å²) >= 11 is 0. The first-order chi connectivity index (χ1) is 11.5. The minimum atomic E-state index is -0.167. The van der Waals surface area contributed by atoms with E-state index in [-0.39, 0.29) is 11.9 Å². The molecule has 0 atom stereocenters. The van der Waals surface area contributed by atoms with Crippen LogP contribution in [0.15, 0.2) is 36.7 Å². The zero-order valence-corrected chi connectivity index (χ0v) is 14.7. The van der Waals surface area contributed by atoms with Crippen molar-refractivity contribution in [2.75, 3.05) is 23.3 Å². The van der Waals surface area contributed by atoms with Crippen LogP contribution in [-0.4, -0.2) is 35.0 Å². The SMILES string of the molecule is CCN(CC)c1ccc(Nc2ncc(C(=O)NC(C)C)cn2)cc1. The van der Waals surface area contributed by atoms with Gasteiger partial charge in [0, 0.05) is 42.9 Å². The maximum atomic E-state index is 11.9. The van der Waals surface area contributed by atoms with E-state index in [1.54, 1.807) is 0 Å². The Kier molecular flexibility index (Phi) is 6.12. The zero-order valence-electron chi connectivity index (χ0n) is 14.7. The van der Waals surface area contributed by atoms with Gasteiger partial charge in [0.05, 0.1) is 5.56 Å². The standard InChI is InChI=1S/C18H25N5O/c1-5-23(6-2)16-9-7-15(8-10-16)22-18-19-11-14(12-20-18)17(24)21-13(3)4/h7-13H,5-6H2,1-4H3,(H,21,24)(H,19,20,22). The molecule has 24 heavy (non-hydrogen) atoms. The predicted molar refractivity (Wildman–Crippen MR) is 97.9 cm³/mol. The Labute approximate surface area is 143 Å². The molecule has 1 amide bonds. The van der Waals surface area contributed by atoms with Crippen LogP contribution < -0.4 is 15.5 Å². The summed E-state index contributed by atoms with van der Waals surface area (Å²) in [6.07, 6.45) is 3.05. The number of rotatable bonds is 7. The first-order valence-electron chi connectivity index (χ1n) is 8.28. The van der Waals surface area contributed by atoms with Crippen molar-refractivity contribution < 1.29 is 4.79 Å². The summed E-state index contributed by atoms with van der Waals surface area (Å²) in [5.74, 6) is 0.298. The highest BCUT2D eigenvalue weighted by molar-refractivity contribution is 5.93. The maximum absolute atomic E-state index is 11.9. The third-order valence-corrected chi connectivity index (χ3v) is 3.59. The monoisotopic (exact) mass is 327 g/mol. The van der Waals surface area contributed by atoms with Crippen LogP contribution in [0.2, 0.25) is 0 Å². The van der Waals surface area contributed by atoms with Gasteiger partial charge in [0.15, 0.2) is 0 Å². The Balaban J connectivity index is 2.02. The molecule has 0 unspecified atom stereocenters. The fourth-order valence-corrected chi connectivity index (χ4v) is 2.33. The second-order valence-electron chi connectivity index (χ2n) is 5.77. The molecular weight excluding hydrogens is 302 g/mol. The summed E-state index contributed by atoms with van der Waals surface area (Å²) in [5.41, 5.74) is 2.54. The van der Waals surface area contributed by atoms with Gasteiger partial charge >= 0.3 is 0 Å². The molecule has 0 radical (unpaired) electrons. The highest BCUT2D eigenvalue weighted by Gasteiger charge is 2.08. The van der Waals surface area contributed by atoms with Crippen molar-refractivity contribution >= 4 is 23.2 Å². The molecule has 0 aliphatic heterocycles. The van der Waals surface area contributed by atoms with Crippen molar-refractivity contribution in [2.24, 2.45) is 0 Å². The number of aromatic nitrogens is 2. The van der Waals surface area contributed by atoms with Gasteiger partial charge < -0.3 is 15.5 Å². The van der Waals surface area contributed by atoms with Crippen molar-refractivity contribution in [2.45, 2.75) is 33.7 Å². The second-order valence-corrected chi connectivity index (χ2v) is 5.77. The molecule has 1 aromatic carbocycles. The molecule has 0 aliphatic rings. The molecule has 1 heterocycles. The quantitative estimate of drug-likeness (QED) is 0.817. The number of hydrogen-bond donors (Lipinski definition) is 2. The van der Waals surface area contributed by atoms with E-state index in [4.69, 9.17) is 0 Å². The van der Waals surface area contributed by atoms with Crippen LogP contribution in [0.4, 0.5) is 17.3 Å². The van der Waals surface area contributed by atoms with Crippen molar-refractivity contribution in [1.29, 1.82) is 0 Å². The van der Waals surface area contributed by atoms with Gasteiger partial charge in [-0.25, -0.2) is 9.97 Å². The smallest absolute Gasteiger partial charge is 0.254 e. The maximum Gasteiger partial charge on any atom is 0.254 e. The normalized spacial score (nSPS) is 10.5. The van der Waals surface area contributed by atoms with E-state index in [9.17, 15) is 4.79 Å². The van der Waals surface area contributed by atoms with Crippen LogP contribution >= 0.6 is 0 Å². The minimum Gasteiger partial charge on any atom is -0.372 e. The van der Waals surface area contributed by atoms with Crippen molar-refractivity contribution in [3.63, 3.8) is 0 Å². The number of carbonyl (C=O) groups is 1. The number of carbonyl (C=O) groups excluding carboxylic acids is 1. The van der Waals surface area contributed by atoms with E-state index < -0.39 is 0 Å². The molecule has 0 bridgehead atoms. The first-order valence-corrected chi connectivity index (χ1v) is 8.28. The van der Waals surface area contributed by atoms with E-state index in [1.165, 1.54) is 18.1 Å². The van der Waals surface area contributed by atoms with Crippen molar-refractivity contribution in [1.82, 2.24) is 15.3 Å². The summed E-state index contributed by atoms with van der Waals surface area (Å²) in [6.45, 7) is 10.1. The third-order valence-electron chi connectivity index (χ3n) is 3.59. The van der Waals surface area contributed by atoms with E-state index in [2.05, 4.69) is 51.5 Å². The summed E-state index contributed by atoms with van der Waals surface area (Å²) in [7, 11) is 0. The fourth-order valence-electron chi connectivity index (χ4n) is 2.33. The number of anilines is 3. The predicted octanol–water partition coefficient (Wildman–Crippen LogP) is 3.20. The molecule has 0 saturated carbocycles. The van der Waals surface area contributed by atoms with Crippen LogP contribution in [0.5, 0.6) is 0 Å². The first kappa shape index (κ1) is 17.7. The van der Waals surface area contributed by atoms with Gasteiger partial charge in [-0.05, 0) is 52.0 Å². The Hall–Kier alpha value is -2.63. The van der Waals surface area contributed by atoms with Gasteiger partial charge in [-0.3, -0.25) is 4.79 Å². The lowest BCUT2D eigenvalue weighted by Gasteiger charge is -2.21. The average Bonchev–Trinajstić information content (AvgIpc) is 2.57. The number of nitrogens with one attached hydrogen (secondary N) is 2. The molecule has 0 fully saturated rings. The number of hydrogen-bond acceptors (Lipinski definition) is 5. The largest absolute Gasteiger partial charge is 0.372 e. The van der Waals surface area contributed by atoms with E-state index in [0.29, 0.717) is 11.5 Å². The van der Waals surface area contributed by atoms with E-state index in [0.717, 1.165) is 18.8 Å². The summed E-state index contributed by atoms with van der Waals surface area (Å²) in [4.78, 5) is 22.5. The molecule has 2 rings (SSSR count). The minimum absolute atomic E-state index is 0.0830. The lowest BCUT2D eigenvalue weighted by Crippen LogP contribution is -2.30. The zero-order chi connectivity index (χ0) is 17.5. The van der Waals surface area contributed by atoms with Crippen LogP contribution in [0, 0.1) is 0 Å². The fraction of sp³-hybridized carbons (Fsp3) is 0.389. The number of nitrogens with zero attached hydrogens (tertiary/aromatic N) is 3. The average molecular weight is 327 g/mol. The van der Waals surface area contributed by atoms with Crippen LogP contribution in [0.1, 0.15) is 38.1 Å². The van der Waals surface area contributed by atoms with Crippen molar-refractivity contribution in [3.8, 4) is 0 Å². The van der Waals surface area contributed by atoms with Crippen LogP contribution in [0.3, 0.4) is 0 Å². The molecule has 2 N–H and O–H groups in total. The molecule has 128 valence electrons. The number of benzene rings is 1. The Morgan fingerprint density at radius 1 is 1.08 bits per heavy atom. The lowest BCUT2D eigenvalue weighted by molar-refractivity contribution is 0.0942. The third kappa shape index (κ3) is 4.68. The molecule has 6 nitrogen and oxygen atoms in total. The summed E-state index contributed by atoms with van der Waals surface area (Å²) < 4.78 is 0. The van der Waals surface area contributed by atoms with Gasteiger partial charge in [-0.1, -0.05) is 0 Å². The molecule has 0 aliphatic carbocycles. The van der Waals surface area contributed by atoms with E-state index >= 15 is 0 Å². The molecular formula is C18H25N5O. The molecule has 0 saturated heterocycles. The summed E-state index contributed by atoms with van der Waals surface area (Å²) in [6, 6.07) is 8.21. The van der Waals surface area contributed by atoms with Gasteiger partial charge in [0.1, 0.15) is 0 Å². The summed E-state index contributed by atoms with van der Waals surface area (Å²) in [5, 5.41) is 5.95. The molecule has 6 heteroatoms. The molecule has 1 aromatic heterocycles. The topological polar surface area (TPSA) is 70.2 Å². The van der Waals surface area contributed by atoms with Gasteiger partial charge in [0.25, 0.3) is 5.91 Å². The second kappa shape index (κ2) is 8.29. The lowest BCUT2D eigenvalue weighted by atomic mass is 10.2. The Morgan fingerprint density at radius 2 is 1.67 bits per heavy atom. The van der Waals surface area contributed by atoms with Crippen LogP contribution in [-0.2, 0) is 0 Å². The molecule has 0 spiro atoms. The highest BCUT2D eigenvalue weighted by Crippen LogP contribution is 2.19. The van der Waals surface area contributed by atoms with Gasteiger partial charge in [-0.2, -0.15) is 0 Å². The molecule has 2 aromatic rings. The highest BCUT2D eigenvalue weighted by atomic mass is 16.1. The van der Waals surface area contributed by atoms with Gasteiger partial charge in [0.2, 0.25) is 5.95 Å². The number of amides is 1. The Morgan fingerprint density at radius 3 is 2.17 bits per heavy atom. The van der Waals surface area contributed by atoms with Crippen molar-refractivity contribution in [3.05, 3.63) is 42.2 Å².